The molecular weight excluding hydrogens is 162 g/mol. The number of ether oxygens (including phenoxy) is 1. The summed E-state index contributed by atoms with van der Waals surface area (Å²) in [5.41, 5.74) is 1.01. The lowest BCUT2D eigenvalue weighted by molar-refractivity contribution is -0.127. The van der Waals surface area contributed by atoms with Gasteiger partial charge in [0.25, 0.3) is 0 Å². The number of hydrogen-bond acceptors (Lipinski definition) is 1. The van der Waals surface area contributed by atoms with Gasteiger partial charge >= 0.3 is 6.61 Å². The minimum Gasteiger partial charge on any atom is -0.323 e. The van der Waals surface area contributed by atoms with Gasteiger partial charge in [0, 0.05) is 0 Å². The van der Waals surface area contributed by atoms with Crippen LogP contribution < -0.4 is 0 Å². The van der Waals surface area contributed by atoms with Gasteiger partial charge in [-0.2, -0.15) is 8.78 Å². The molecular formula is C9H10F2O. The van der Waals surface area contributed by atoms with E-state index in [2.05, 4.69) is 4.74 Å². The maximum absolute atomic E-state index is 11.5. The van der Waals surface area contributed by atoms with E-state index in [1.807, 2.05) is 30.3 Å². The molecule has 0 N–H and O–H groups in total. The number of rotatable bonds is 4. The van der Waals surface area contributed by atoms with Gasteiger partial charge in [-0.1, -0.05) is 30.3 Å². The van der Waals surface area contributed by atoms with Crippen LogP contribution in [0, 0.1) is 0 Å². The first-order chi connectivity index (χ1) is 5.79. The Morgan fingerprint density at radius 2 is 1.83 bits per heavy atom. The van der Waals surface area contributed by atoms with Gasteiger partial charge in [0.1, 0.15) is 0 Å². The van der Waals surface area contributed by atoms with Gasteiger partial charge in [0.05, 0.1) is 6.61 Å². The number of alkyl halides is 2. The van der Waals surface area contributed by atoms with Gasteiger partial charge in [-0.05, 0) is 12.0 Å². The minimum atomic E-state index is -2.66. The summed E-state index contributed by atoms with van der Waals surface area (Å²) in [5, 5.41) is 0. The summed E-state index contributed by atoms with van der Waals surface area (Å²) in [4.78, 5) is 0. The second-order valence-corrected chi connectivity index (χ2v) is 2.37. The lowest BCUT2D eigenvalue weighted by Gasteiger charge is -2.01. The van der Waals surface area contributed by atoms with Crippen molar-refractivity contribution in [3.63, 3.8) is 0 Å². The summed E-state index contributed by atoms with van der Waals surface area (Å²) in [6.07, 6.45) is 0.533. The quantitative estimate of drug-likeness (QED) is 0.677. The third-order valence-corrected chi connectivity index (χ3v) is 1.48. The third-order valence-electron chi connectivity index (χ3n) is 1.48. The molecule has 1 rings (SSSR count). The van der Waals surface area contributed by atoms with Crippen molar-refractivity contribution in [3.05, 3.63) is 35.9 Å². The standard InChI is InChI=1S/C9H10F2O/c10-9(11)12-7-6-8-4-2-1-3-5-8/h1-5,9H,6-7H2. The second kappa shape index (κ2) is 4.83. The minimum absolute atomic E-state index is 0.0711. The van der Waals surface area contributed by atoms with E-state index in [-0.39, 0.29) is 6.61 Å². The Labute approximate surface area is 70.0 Å². The molecule has 0 aliphatic heterocycles. The normalized spacial score (nSPS) is 10.6. The molecule has 3 heteroatoms. The van der Waals surface area contributed by atoms with Gasteiger partial charge < -0.3 is 4.74 Å². The van der Waals surface area contributed by atoms with Crippen molar-refractivity contribution >= 4 is 0 Å². The Hall–Kier alpha value is -0.960. The lowest BCUT2D eigenvalue weighted by Crippen LogP contribution is -2.03. The highest BCUT2D eigenvalue weighted by molar-refractivity contribution is 5.14. The molecule has 0 amide bonds. The molecule has 1 aromatic carbocycles. The number of benzene rings is 1. The molecule has 0 aromatic heterocycles. The maximum Gasteiger partial charge on any atom is 0.345 e. The van der Waals surface area contributed by atoms with Gasteiger partial charge in [0.15, 0.2) is 0 Å². The second-order valence-electron chi connectivity index (χ2n) is 2.37. The maximum atomic E-state index is 11.5. The average Bonchev–Trinajstić information content (AvgIpc) is 2.05. The molecule has 0 aliphatic carbocycles. The lowest BCUT2D eigenvalue weighted by atomic mass is 10.2. The van der Waals surface area contributed by atoms with Crippen LogP contribution >= 0.6 is 0 Å². The first kappa shape index (κ1) is 9.13. The fourth-order valence-electron chi connectivity index (χ4n) is 0.911. The Bertz CT molecular complexity index is 211. The number of hydrogen-bond donors (Lipinski definition) is 0. The fraction of sp³-hybridized carbons (Fsp3) is 0.333. The van der Waals surface area contributed by atoms with Gasteiger partial charge in [-0.25, -0.2) is 0 Å². The summed E-state index contributed by atoms with van der Waals surface area (Å²) >= 11 is 0. The van der Waals surface area contributed by atoms with Crippen LogP contribution in [-0.2, 0) is 11.2 Å². The van der Waals surface area contributed by atoms with Crippen molar-refractivity contribution in [2.75, 3.05) is 6.61 Å². The Morgan fingerprint density at radius 1 is 1.17 bits per heavy atom. The van der Waals surface area contributed by atoms with Crippen LogP contribution in [-0.4, -0.2) is 13.2 Å². The van der Waals surface area contributed by atoms with Crippen molar-refractivity contribution in [3.8, 4) is 0 Å². The van der Waals surface area contributed by atoms with E-state index in [0.717, 1.165) is 5.56 Å². The third kappa shape index (κ3) is 3.44. The van der Waals surface area contributed by atoms with E-state index >= 15 is 0 Å². The highest BCUT2D eigenvalue weighted by Crippen LogP contribution is 2.01. The van der Waals surface area contributed by atoms with E-state index in [9.17, 15) is 8.78 Å². The van der Waals surface area contributed by atoms with Crippen LogP contribution in [0.3, 0.4) is 0 Å². The van der Waals surface area contributed by atoms with E-state index in [0.29, 0.717) is 6.42 Å². The summed E-state index contributed by atoms with van der Waals surface area (Å²) < 4.78 is 27.1. The monoisotopic (exact) mass is 172 g/mol. The van der Waals surface area contributed by atoms with Gasteiger partial charge in [-0.3, -0.25) is 0 Å². The zero-order valence-corrected chi connectivity index (χ0v) is 6.54. The first-order valence-electron chi connectivity index (χ1n) is 3.73. The van der Waals surface area contributed by atoms with Crippen molar-refractivity contribution < 1.29 is 13.5 Å². The molecule has 0 spiro atoms. The topological polar surface area (TPSA) is 9.23 Å². The van der Waals surface area contributed by atoms with E-state index in [1.54, 1.807) is 0 Å². The van der Waals surface area contributed by atoms with Crippen LogP contribution in [0.2, 0.25) is 0 Å². The van der Waals surface area contributed by atoms with Crippen molar-refractivity contribution in [1.82, 2.24) is 0 Å². The smallest absolute Gasteiger partial charge is 0.323 e. The SMILES string of the molecule is FC(F)OCCc1ccccc1. The molecule has 0 fully saturated rings. The van der Waals surface area contributed by atoms with E-state index in [4.69, 9.17) is 0 Å². The predicted molar refractivity (Wildman–Crippen MR) is 42.1 cm³/mol. The Balaban J connectivity index is 2.25. The number of halogens is 2. The van der Waals surface area contributed by atoms with Crippen molar-refractivity contribution in [2.24, 2.45) is 0 Å². The van der Waals surface area contributed by atoms with E-state index in [1.165, 1.54) is 0 Å². The summed E-state index contributed by atoms with van der Waals surface area (Å²) in [5.74, 6) is 0. The van der Waals surface area contributed by atoms with Gasteiger partial charge in [0.2, 0.25) is 0 Å². The highest BCUT2D eigenvalue weighted by Gasteiger charge is 2.00. The molecule has 0 saturated heterocycles. The summed E-state index contributed by atoms with van der Waals surface area (Å²) in [7, 11) is 0. The average molecular weight is 172 g/mol. The zero-order chi connectivity index (χ0) is 8.81. The molecule has 0 bridgehead atoms. The van der Waals surface area contributed by atoms with E-state index < -0.39 is 6.61 Å². The highest BCUT2D eigenvalue weighted by atomic mass is 19.3. The molecule has 0 saturated carbocycles. The molecule has 0 unspecified atom stereocenters. The molecule has 66 valence electrons. The van der Waals surface area contributed by atoms with Crippen molar-refractivity contribution in [2.45, 2.75) is 13.0 Å². The van der Waals surface area contributed by atoms with Crippen LogP contribution in [0.25, 0.3) is 0 Å². The molecule has 1 nitrogen and oxygen atoms in total. The largest absolute Gasteiger partial charge is 0.345 e. The van der Waals surface area contributed by atoms with Crippen LogP contribution in [0.5, 0.6) is 0 Å². The van der Waals surface area contributed by atoms with Crippen LogP contribution in [0.15, 0.2) is 30.3 Å². The molecule has 0 radical (unpaired) electrons. The summed E-state index contributed by atoms with van der Waals surface area (Å²) in [6, 6.07) is 9.40. The molecule has 12 heavy (non-hydrogen) atoms. The summed E-state index contributed by atoms with van der Waals surface area (Å²) in [6.45, 7) is -2.59. The van der Waals surface area contributed by atoms with Crippen molar-refractivity contribution in [1.29, 1.82) is 0 Å². The van der Waals surface area contributed by atoms with Crippen LogP contribution in [0.4, 0.5) is 8.78 Å². The fourth-order valence-corrected chi connectivity index (χ4v) is 0.911. The zero-order valence-electron chi connectivity index (χ0n) is 6.54. The van der Waals surface area contributed by atoms with Gasteiger partial charge in [-0.15, -0.1) is 0 Å². The molecule has 0 atom stereocenters. The predicted octanol–water partition coefficient (Wildman–Crippen LogP) is 2.47. The van der Waals surface area contributed by atoms with Crippen LogP contribution in [0.1, 0.15) is 5.56 Å². The molecule has 0 aliphatic rings. The first-order valence-corrected chi connectivity index (χ1v) is 3.73. The Morgan fingerprint density at radius 3 is 2.42 bits per heavy atom. The molecule has 1 aromatic rings. The Kier molecular flexibility index (Phi) is 3.67. The molecule has 0 heterocycles.